The first kappa shape index (κ1) is 20.2. The quantitative estimate of drug-likeness (QED) is 0.759. The van der Waals surface area contributed by atoms with Crippen molar-refractivity contribution in [3.05, 3.63) is 57.0 Å². The van der Waals surface area contributed by atoms with Crippen molar-refractivity contribution in [2.75, 3.05) is 39.3 Å². The second kappa shape index (κ2) is 9.61. The molecule has 3 rings (SSSR count). The molecule has 0 radical (unpaired) electrons. The molecule has 1 aromatic heterocycles. The van der Waals surface area contributed by atoms with Gasteiger partial charge in [0, 0.05) is 42.6 Å². The maximum atomic E-state index is 13.9. The summed E-state index contributed by atoms with van der Waals surface area (Å²) in [6, 6.07) is 8.05. The highest BCUT2D eigenvalue weighted by atomic mass is 35.5. The number of β-amino-alcohol motifs (C(OH)–C–C–N with tert-alkyl or cyclic N) is 1. The Labute approximate surface area is 166 Å². The van der Waals surface area contributed by atoms with Gasteiger partial charge in [-0.25, -0.2) is 4.39 Å². The van der Waals surface area contributed by atoms with E-state index >= 15 is 0 Å². The maximum absolute atomic E-state index is 13.9. The number of aliphatic hydroxyl groups is 1. The number of nitrogens with zero attached hydrogens (tertiary/aromatic N) is 2. The zero-order chi connectivity index (χ0) is 19.2. The van der Waals surface area contributed by atoms with E-state index in [9.17, 15) is 14.3 Å². The fourth-order valence-corrected chi connectivity index (χ4v) is 3.81. The second-order valence-corrected chi connectivity index (χ2v) is 7.93. The summed E-state index contributed by atoms with van der Waals surface area (Å²) in [5.74, 6) is -0.933. The van der Waals surface area contributed by atoms with Crippen LogP contribution in [0.25, 0.3) is 0 Å². The molecule has 0 aliphatic carbocycles. The summed E-state index contributed by atoms with van der Waals surface area (Å²) < 4.78 is 19.5. The van der Waals surface area contributed by atoms with E-state index in [4.69, 9.17) is 16.3 Å². The van der Waals surface area contributed by atoms with E-state index in [0.29, 0.717) is 39.3 Å². The van der Waals surface area contributed by atoms with Gasteiger partial charge in [0.05, 0.1) is 24.9 Å². The van der Waals surface area contributed by atoms with Crippen molar-refractivity contribution in [2.45, 2.75) is 12.7 Å². The van der Waals surface area contributed by atoms with Crippen LogP contribution < -0.4 is 0 Å². The average molecular weight is 413 g/mol. The Kier molecular flexibility index (Phi) is 7.20. The Morgan fingerprint density at radius 3 is 2.74 bits per heavy atom. The van der Waals surface area contributed by atoms with E-state index in [-0.39, 0.29) is 23.1 Å². The van der Waals surface area contributed by atoms with Gasteiger partial charge in [0.2, 0.25) is 0 Å². The first-order valence-corrected chi connectivity index (χ1v) is 10.0. The van der Waals surface area contributed by atoms with Crippen LogP contribution >= 0.6 is 22.9 Å². The molecule has 1 atom stereocenters. The molecule has 1 saturated heterocycles. The minimum absolute atomic E-state index is 0.0369. The Morgan fingerprint density at radius 2 is 2.07 bits per heavy atom. The minimum Gasteiger partial charge on any atom is -0.389 e. The summed E-state index contributed by atoms with van der Waals surface area (Å²) in [6.07, 6.45) is -0.582. The number of carbonyl (C=O) groups is 1. The highest BCUT2D eigenvalue weighted by Crippen LogP contribution is 2.17. The van der Waals surface area contributed by atoms with Gasteiger partial charge in [-0.3, -0.25) is 9.69 Å². The number of piperazine rings is 1. The molecular formula is C19H22ClFN2O3S. The lowest BCUT2D eigenvalue weighted by molar-refractivity contribution is 0.00267. The van der Waals surface area contributed by atoms with Crippen LogP contribution in [-0.2, 0) is 11.3 Å². The second-order valence-electron chi connectivity index (χ2n) is 6.47. The third-order valence-electron chi connectivity index (χ3n) is 4.42. The van der Waals surface area contributed by atoms with Crippen molar-refractivity contribution in [1.29, 1.82) is 0 Å². The summed E-state index contributed by atoms with van der Waals surface area (Å²) >= 11 is 7.36. The minimum atomic E-state index is -0.603. The highest BCUT2D eigenvalue weighted by molar-refractivity contribution is 7.09. The van der Waals surface area contributed by atoms with Gasteiger partial charge in [0.25, 0.3) is 5.91 Å². The Balaban J connectivity index is 1.41. The first-order chi connectivity index (χ1) is 13.0. The van der Waals surface area contributed by atoms with E-state index in [1.807, 2.05) is 17.5 Å². The standard InChI is InChI=1S/C19H22ClFN2O3S/c20-14-3-4-17(18(21)10-14)19(25)23-7-5-22(6-8-23)11-15(24)12-26-13-16-2-1-9-27-16/h1-4,9-10,15,24H,5-8,11-13H2. The summed E-state index contributed by atoms with van der Waals surface area (Å²) in [7, 11) is 0. The van der Waals surface area contributed by atoms with E-state index in [1.54, 1.807) is 16.2 Å². The van der Waals surface area contributed by atoms with Crippen LogP contribution in [0.5, 0.6) is 0 Å². The fourth-order valence-electron chi connectivity index (χ4n) is 3.01. The Hall–Kier alpha value is -1.51. The van der Waals surface area contributed by atoms with Crippen LogP contribution in [-0.4, -0.2) is 66.2 Å². The van der Waals surface area contributed by atoms with Crippen molar-refractivity contribution < 1.29 is 19.0 Å². The normalized spacial score (nSPS) is 16.5. The van der Waals surface area contributed by atoms with Gasteiger partial charge >= 0.3 is 0 Å². The molecule has 5 nitrogen and oxygen atoms in total. The largest absolute Gasteiger partial charge is 0.389 e. The maximum Gasteiger partial charge on any atom is 0.256 e. The molecule has 1 N–H and O–H groups in total. The van der Waals surface area contributed by atoms with Crippen molar-refractivity contribution in [1.82, 2.24) is 9.80 Å². The number of aliphatic hydroxyl groups excluding tert-OH is 1. The molecule has 0 saturated carbocycles. The van der Waals surface area contributed by atoms with Crippen molar-refractivity contribution >= 4 is 28.8 Å². The molecule has 0 bridgehead atoms. The Morgan fingerprint density at radius 1 is 1.30 bits per heavy atom. The number of thiophene rings is 1. The lowest BCUT2D eigenvalue weighted by Crippen LogP contribution is -2.51. The van der Waals surface area contributed by atoms with Gasteiger partial charge in [-0.05, 0) is 29.6 Å². The number of rotatable bonds is 7. The predicted octanol–water partition coefficient (Wildman–Crippen LogP) is 2.88. The van der Waals surface area contributed by atoms with Gasteiger partial charge in [-0.1, -0.05) is 17.7 Å². The molecule has 1 fully saturated rings. The highest BCUT2D eigenvalue weighted by Gasteiger charge is 2.25. The van der Waals surface area contributed by atoms with Gasteiger partial charge in [0.15, 0.2) is 0 Å². The molecule has 27 heavy (non-hydrogen) atoms. The third-order valence-corrected chi connectivity index (χ3v) is 5.51. The van der Waals surface area contributed by atoms with Crippen LogP contribution in [0.4, 0.5) is 4.39 Å². The summed E-state index contributed by atoms with van der Waals surface area (Å²) in [4.78, 5) is 17.3. The van der Waals surface area contributed by atoms with Crippen LogP contribution in [0.15, 0.2) is 35.7 Å². The number of carbonyl (C=O) groups excluding carboxylic acids is 1. The molecule has 1 aromatic carbocycles. The lowest BCUT2D eigenvalue weighted by Gasteiger charge is -2.35. The molecule has 8 heteroatoms. The molecule has 1 aliphatic heterocycles. The zero-order valence-corrected chi connectivity index (χ0v) is 16.4. The molecule has 1 aliphatic rings. The van der Waals surface area contributed by atoms with E-state index < -0.39 is 11.9 Å². The van der Waals surface area contributed by atoms with Crippen LogP contribution in [0.1, 0.15) is 15.2 Å². The van der Waals surface area contributed by atoms with Gasteiger partial charge in [-0.2, -0.15) is 0 Å². The van der Waals surface area contributed by atoms with E-state index in [0.717, 1.165) is 10.9 Å². The topological polar surface area (TPSA) is 53.0 Å². The number of halogens is 2. The molecule has 1 amide bonds. The molecule has 2 heterocycles. The van der Waals surface area contributed by atoms with Gasteiger partial charge < -0.3 is 14.7 Å². The molecule has 0 spiro atoms. The molecule has 146 valence electrons. The SMILES string of the molecule is O=C(c1ccc(Cl)cc1F)N1CCN(CC(O)COCc2cccs2)CC1. The van der Waals surface area contributed by atoms with Crippen molar-refractivity contribution in [3.63, 3.8) is 0 Å². The summed E-state index contributed by atoms with van der Waals surface area (Å²) in [5, 5.41) is 12.4. The Bertz CT molecular complexity index is 751. The number of hydrogen-bond donors (Lipinski definition) is 1. The van der Waals surface area contributed by atoms with E-state index in [1.165, 1.54) is 12.1 Å². The lowest BCUT2D eigenvalue weighted by atomic mass is 10.1. The molecule has 2 aromatic rings. The number of amides is 1. The number of ether oxygens (including phenoxy) is 1. The van der Waals surface area contributed by atoms with Gasteiger partial charge in [0.1, 0.15) is 5.82 Å². The average Bonchev–Trinajstić information content (AvgIpc) is 3.15. The summed E-state index contributed by atoms with van der Waals surface area (Å²) in [6.45, 7) is 3.50. The van der Waals surface area contributed by atoms with Crippen LogP contribution in [0, 0.1) is 5.82 Å². The predicted molar refractivity (Wildman–Crippen MR) is 104 cm³/mol. The van der Waals surface area contributed by atoms with Gasteiger partial charge in [-0.15, -0.1) is 11.3 Å². The first-order valence-electron chi connectivity index (χ1n) is 8.78. The fraction of sp³-hybridized carbons (Fsp3) is 0.421. The number of benzene rings is 1. The number of hydrogen-bond acceptors (Lipinski definition) is 5. The van der Waals surface area contributed by atoms with E-state index in [2.05, 4.69) is 4.90 Å². The zero-order valence-electron chi connectivity index (χ0n) is 14.8. The summed E-state index contributed by atoms with van der Waals surface area (Å²) in [5.41, 5.74) is 0.0369. The van der Waals surface area contributed by atoms with Crippen LogP contribution in [0.3, 0.4) is 0 Å². The smallest absolute Gasteiger partial charge is 0.256 e. The molecular weight excluding hydrogens is 391 g/mol. The van der Waals surface area contributed by atoms with Crippen molar-refractivity contribution in [2.24, 2.45) is 0 Å². The molecule has 1 unspecified atom stereocenters. The monoisotopic (exact) mass is 412 g/mol. The van der Waals surface area contributed by atoms with Crippen LogP contribution in [0.2, 0.25) is 5.02 Å². The third kappa shape index (κ3) is 5.73. The van der Waals surface area contributed by atoms with Crippen molar-refractivity contribution in [3.8, 4) is 0 Å².